The molecule has 0 aliphatic rings. The highest BCUT2D eigenvalue weighted by molar-refractivity contribution is 6.01. The van der Waals surface area contributed by atoms with E-state index in [9.17, 15) is 9.59 Å². The summed E-state index contributed by atoms with van der Waals surface area (Å²) < 4.78 is 7.37. The lowest BCUT2D eigenvalue weighted by atomic mass is 10.2. The fourth-order valence-electron chi connectivity index (χ4n) is 3.35. The fraction of sp³-hybridized carbons (Fsp3) is 0.136. The minimum Gasteiger partial charge on any atom is -0.466 e. The molecule has 0 unspecified atom stereocenters. The van der Waals surface area contributed by atoms with E-state index in [0.29, 0.717) is 28.2 Å². The van der Waals surface area contributed by atoms with Crippen molar-refractivity contribution in [3.05, 3.63) is 83.1 Å². The van der Waals surface area contributed by atoms with Crippen LogP contribution < -0.4 is 10.9 Å². The van der Waals surface area contributed by atoms with Crippen LogP contribution in [0.1, 0.15) is 38.1 Å². The number of fused-ring (bicyclic) bond motifs is 1. The zero-order valence-corrected chi connectivity index (χ0v) is 16.3. The number of hydrazine groups is 1. The third-order valence-corrected chi connectivity index (χ3v) is 4.67. The second-order valence-electron chi connectivity index (χ2n) is 6.77. The van der Waals surface area contributed by atoms with E-state index in [4.69, 9.17) is 4.42 Å². The van der Waals surface area contributed by atoms with Gasteiger partial charge in [0.1, 0.15) is 17.3 Å². The first-order chi connectivity index (χ1) is 13.9. The van der Waals surface area contributed by atoms with Crippen molar-refractivity contribution in [1.82, 2.24) is 20.4 Å². The number of furan rings is 1. The summed E-state index contributed by atoms with van der Waals surface area (Å²) in [4.78, 5) is 29.3. The molecule has 2 N–H and O–H groups in total. The Balaban J connectivity index is 1.54. The lowest BCUT2D eigenvalue weighted by molar-refractivity contribution is 0.0846. The Hall–Kier alpha value is -3.87. The number of para-hydroxylation sites is 1. The van der Waals surface area contributed by atoms with E-state index >= 15 is 0 Å². The number of carbonyl (C=O) groups excluding carboxylic acids is 2. The molecular weight excluding hydrogens is 368 g/mol. The summed E-state index contributed by atoms with van der Waals surface area (Å²) in [6, 6.07) is 16.8. The zero-order valence-electron chi connectivity index (χ0n) is 16.3. The fourth-order valence-corrected chi connectivity index (χ4v) is 3.35. The summed E-state index contributed by atoms with van der Waals surface area (Å²) in [5.41, 5.74) is 8.24. The van der Waals surface area contributed by atoms with Gasteiger partial charge in [-0.05, 0) is 57.2 Å². The topological polar surface area (TPSA) is 89.2 Å². The highest BCUT2D eigenvalue weighted by Gasteiger charge is 2.16. The van der Waals surface area contributed by atoms with Gasteiger partial charge in [-0.3, -0.25) is 25.0 Å². The molecule has 0 fully saturated rings. The molecule has 146 valence electrons. The molecule has 0 saturated carbocycles. The van der Waals surface area contributed by atoms with Gasteiger partial charge in [0, 0.05) is 11.3 Å². The van der Waals surface area contributed by atoms with Crippen molar-refractivity contribution in [2.45, 2.75) is 20.8 Å². The van der Waals surface area contributed by atoms with Crippen molar-refractivity contribution in [3.8, 4) is 5.69 Å². The first-order valence-corrected chi connectivity index (χ1v) is 9.16. The molecule has 4 aromatic rings. The standard InChI is InChI=1S/C22H20N4O3/c1-13-11-18(14(2)29-13)22(28)25-24-21(27)16-9-10-20-19(12-16)23-15(3)26(20)17-7-5-4-6-8-17/h4-12H,1-3H3,(H,24,27)(H,25,28). The number of imidazole rings is 1. The molecule has 0 bridgehead atoms. The van der Waals surface area contributed by atoms with Gasteiger partial charge in [-0.15, -0.1) is 0 Å². The van der Waals surface area contributed by atoms with Crippen LogP contribution in [0.25, 0.3) is 16.7 Å². The van der Waals surface area contributed by atoms with E-state index in [-0.39, 0.29) is 0 Å². The van der Waals surface area contributed by atoms with Crippen LogP contribution in [0.4, 0.5) is 0 Å². The van der Waals surface area contributed by atoms with Crippen LogP contribution in [0, 0.1) is 20.8 Å². The van der Waals surface area contributed by atoms with Gasteiger partial charge in [0.2, 0.25) is 0 Å². The third kappa shape index (κ3) is 3.50. The Morgan fingerprint density at radius 1 is 0.931 bits per heavy atom. The molecule has 4 rings (SSSR count). The van der Waals surface area contributed by atoms with Gasteiger partial charge >= 0.3 is 0 Å². The van der Waals surface area contributed by atoms with Crippen LogP contribution in [0.5, 0.6) is 0 Å². The number of benzene rings is 2. The minimum absolute atomic E-state index is 0.385. The molecule has 7 nitrogen and oxygen atoms in total. The maximum atomic E-state index is 12.5. The molecular formula is C22H20N4O3. The van der Waals surface area contributed by atoms with E-state index in [1.54, 1.807) is 32.0 Å². The maximum absolute atomic E-state index is 12.5. The summed E-state index contributed by atoms with van der Waals surface area (Å²) >= 11 is 0. The third-order valence-electron chi connectivity index (χ3n) is 4.67. The lowest BCUT2D eigenvalue weighted by Crippen LogP contribution is -2.41. The van der Waals surface area contributed by atoms with E-state index in [1.807, 2.05) is 47.9 Å². The van der Waals surface area contributed by atoms with Crippen molar-refractivity contribution in [3.63, 3.8) is 0 Å². The second-order valence-corrected chi connectivity index (χ2v) is 6.77. The van der Waals surface area contributed by atoms with Gasteiger partial charge in [-0.25, -0.2) is 4.98 Å². The van der Waals surface area contributed by atoms with Crippen LogP contribution in [0.3, 0.4) is 0 Å². The smallest absolute Gasteiger partial charge is 0.273 e. The Morgan fingerprint density at radius 3 is 2.34 bits per heavy atom. The lowest BCUT2D eigenvalue weighted by Gasteiger charge is -2.08. The predicted octanol–water partition coefficient (Wildman–Crippen LogP) is 3.62. The number of aromatic nitrogens is 2. The molecule has 0 spiro atoms. The van der Waals surface area contributed by atoms with Crippen LogP contribution in [0.15, 0.2) is 59.0 Å². The maximum Gasteiger partial charge on any atom is 0.273 e. The SMILES string of the molecule is Cc1cc(C(=O)NNC(=O)c2ccc3c(c2)nc(C)n3-c2ccccc2)c(C)o1. The Kier molecular flexibility index (Phi) is 4.64. The first kappa shape index (κ1) is 18.5. The Morgan fingerprint density at radius 2 is 1.66 bits per heavy atom. The average Bonchev–Trinajstić information content (AvgIpc) is 3.23. The molecule has 2 heterocycles. The van der Waals surface area contributed by atoms with Crippen LogP contribution >= 0.6 is 0 Å². The van der Waals surface area contributed by atoms with Gasteiger partial charge < -0.3 is 4.42 Å². The molecule has 2 amide bonds. The number of hydrogen-bond acceptors (Lipinski definition) is 4. The van der Waals surface area contributed by atoms with Crippen molar-refractivity contribution in [1.29, 1.82) is 0 Å². The monoisotopic (exact) mass is 388 g/mol. The van der Waals surface area contributed by atoms with Gasteiger partial charge in [0.25, 0.3) is 11.8 Å². The van der Waals surface area contributed by atoms with Crippen LogP contribution in [-0.4, -0.2) is 21.4 Å². The number of amides is 2. The number of hydrogen-bond donors (Lipinski definition) is 2. The van der Waals surface area contributed by atoms with Gasteiger partial charge in [-0.2, -0.15) is 0 Å². The van der Waals surface area contributed by atoms with Gasteiger partial charge in [0.15, 0.2) is 0 Å². The molecule has 0 atom stereocenters. The zero-order chi connectivity index (χ0) is 20.5. The summed E-state index contributed by atoms with van der Waals surface area (Å²) in [5, 5.41) is 0. The highest BCUT2D eigenvalue weighted by Crippen LogP contribution is 2.22. The highest BCUT2D eigenvalue weighted by atomic mass is 16.3. The van der Waals surface area contributed by atoms with Gasteiger partial charge in [0.05, 0.1) is 16.6 Å². The quantitative estimate of drug-likeness (QED) is 0.525. The van der Waals surface area contributed by atoms with Gasteiger partial charge in [-0.1, -0.05) is 18.2 Å². The summed E-state index contributed by atoms with van der Waals surface area (Å²) in [6.07, 6.45) is 0. The number of aryl methyl sites for hydroxylation is 3. The molecule has 0 aliphatic carbocycles. The van der Waals surface area contributed by atoms with Crippen LogP contribution in [-0.2, 0) is 0 Å². The molecule has 2 aromatic heterocycles. The van der Waals surface area contributed by atoms with E-state index in [0.717, 1.165) is 17.0 Å². The van der Waals surface area contributed by atoms with Crippen molar-refractivity contribution >= 4 is 22.8 Å². The predicted molar refractivity (Wildman–Crippen MR) is 109 cm³/mol. The first-order valence-electron chi connectivity index (χ1n) is 9.16. The van der Waals surface area contributed by atoms with E-state index in [1.165, 1.54) is 0 Å². The molecule has 2 aromatic carbocycles. The number of carbonyl (C=O) groups is 2. The average molecular weight is 388 g/mol. The van der Waals surface area contributed by atoms with Crippen molar-refractivity contribution < 1.29 is 14.0 Å². The minimum atomic E-state index is -0.432. The largest absolute Gasteiger partial charge is 0.466 e. The Bertz CT molecular complexity index is 1220. The summed E-state index contributed by atoms with van der Waals surface area (Å²) in [5.74, 6) is 1.09. The summed E-state index contributed by atoms with van der Waals surface area (Å²) in [7, 11) is 0. The molecule has 0 aliphatic heterocycles. The summed E-state index contributed by atoms with van der Waals surface area (Å²) in [6.45, 7) is 5.37. The molecule has 7 heteroatoms. The normalized spacial score (nSPS) is 10.9. The Labute approximate surface area is 167 Å². The van der Waals surface area contributed by atoms with Crippen LogP contribution in [0.2, 0.25) is 0 Å². The molecule has 0 saturated heterocycles. The van der Waals surface area contributed by atoms with Crippen molar-refractivity contribution in [2.24, 2.45) is 0 Å². The number of nitrogens with one attached hydrogen (secondary N) is 2. The second kappa shape index (κ2) is 7.27. The number of rotatable bonds is 3. The van der Waals surface area contributed by atoms with Crippen molar-refractivity contribution in [2.75, 3.05) is 0 Å². The molecule has 0 radical (unpaired) electrons. The number of nitrogens with zero attached hydrogens (tertiary/aromatic N) is 2. The van der Waals surface area contributed by atoms with E-state index < -0.39 is 11.8 Å². The van der Waals surface area contributed by atoms with E-state index in [2.05, 4.69) is 15.8 Å². The molecule has 29 heavy (non-hydrogen) atoms.